The summed E-state index contributed by atoms with van der Waals surface area (Å²) in [7, 11) is 0. The van der Waals surface area contributed by atoms with Gasteiger partial charge in [0.2, 0.25) is 0 Å². The summed E-state index contributed by atoms with van der Waals surface area (Å²) in [6, 6.07) is 16.5. The zero-order chi connectivity index (χ0) is 24.1. The van der Waals surface area contributed by atoms with Crippen LogP contribution in [0.1, 0.15) is 29.9 Å². The van der Waals surface area contributed by atoms with Gasteiger partial charge in [0.1, 0.15) is 29.6 Å². The molecule has 0 aliphatic carbocycles. The second-order valence-electron chi connectivity index (χ2n) is 7.64. The van der Waals surface area contributed by atoms with Gasteiger partial charge in [0, 0.05) is 5.56 Å². The zero-order valence-corrected chi connectivity index (χ0v) is 18.8. The van der Waals surface area contributed by atoms with Crippen LogP contribution in [0.3, 0.4) is 0 Å². The van der Waals surface area contributed by atoms with Gasteiger partial charge in [0.05, 0.1) is 31.0 Å². The van der Waals surface area contributed by atoms with Crippen molar-refractivity contribution in [2.24, 2.45) is 0 Å². The van der Waals surface area contributed by atoms with Crippen LogP contribution in [0.2, 0.25) is 0 Å². The Balaban J connectivity index is 1.80. The van der Waals surface area contributed by atoms with Crippen LogP contribution < -0.4 is 9.47 Å². The number of ketones is 1. The third-order valence-corrected chi connectivity index (χ3v) is 5.43. The number of Topliss-reactive ketones (excluding diaryl/α,β-unsaturated/α-hetero) is 1. The number of amides is 1. The molecule has 2 heterocycles. The first-order chi connectivity index (χ1) is 16.5. The minimum absolute atomic E-state index is 0.00460. The lowest BCUT2D eigenvalue weighted by molar-refractivity contribution is -0.140. The lowest BCUT2D eigenvalue weighted by Gasteiger charge is -2.24. The lowest BCUT2D eigenvalue weighted by atomic mass is 9.95. The third kappa shape index (κ3) is 4.59. The quantitative estimate of drug-likeness (QED) is 0.213. The Morgan fingerprint density at radius 1 is 1.09 bits per heavy atom. The molecule has 7 heteroatoms. The van der Waals surface area contributed by atoms with Crippen molar-refractivity contribution in [3.63, 3.8) is 0 Å². The number of aliphatic hydroxyl groups is 1. The Bertz CT molecular complexity index is 1210. The molecule has 174 valence electrons. The predicted octanol–water partition coefficient (Wildman–Crippen LogP) is 4.87. The van der Waals surface area contributed by atoms with Crippen molar-refractivity contribution in [1.29, 1.82) is 0 Å². The maximum atomic E-state index is 13.2. The van der Waals surface area contributed by atoms with E-state index in [0.29, 0.717) is 41.6 Å². The number of likely N-dealkylation sites (tertiary alicyclic amines) is 1. The summed E-state index contributed by atoms with van der Waals surface area (Å²) in [5, 5.41) is 11.2. The van der Waals surface area contributed by atoms with Gasteiger partial charge in [0.15, 0.2) is 0 Å². The van der Waals surface area contributed by atoms with Gasteiger partial charge in [-0.05, 0) is 48.9 Å². The van der Waals surface area contributed by atoms with Gasteiger partial charge in [-0.2, -0.15) is 0 Å². The van der Waals surface area contributed by atoms with Crippen molar-refractivity contribution in [1.82, 2.24) is 4.90 Å². The van der Waals surface area contributed by atoms with Crippen LogP contribution in [0.4, 0.5) is 0 Å². The summed E-state index contributed by atoms with van der Waals surface area (Å²) < 4.78 is 16.5. The molecule has 1 fully saturated rings. The predicted molar refractivity (Wildman–Crippen MR) is 126 cm³/mol. The van der Waals surface area contributed by atoms with Crippen LogP contribution >= 0.6 is 0 Å². The minimum atomic E-state index is -0.811. The number of carbonyl (C=O) groups is 2. The number of rotatable bonds is 9. The molecule has 0 spiro atoms. The van der Waals surface area contributed by atoms with E-state index in [1.165, 1.54) is 11.2 Å². The number of hydrogen-bond acceptors (Lipinski definition) is 6. The molecule has 0 radical (unpaired) electrons. The van der Waals surface area contributed by atoms with Crippen LogP contribution in [0.25, 0.3) is 5.76 Å². The largest absolute Gasteiger partial charge is 0.507 e. The summed E-state index contributed by atoms with van der Waals surface area (Å²) in [4.78, 5) is 27.6. The second-order valence-corrected chi connectivity index (χ2v) is 7.64. The van der Waals surface area contributed by atoms with Crippen molar-refractivity contribution < 1.29 is 28.6 Å². The summed E-state index contributed by atoms with van der Waals surface area (Å²) in [5.74, 6) is -0.0403. The minimum Gasteiger partial charge on any atom is -0.507 e. The number of aliphatic hydroxyl groups excluding tert-OH is 1. The van der Waals surface area contributed by atoms with E-state index >= 15 is 0 Å². The van der Waals surface area contributed by atoms with Crippen molar-refractivity contribution in [2.75, 3.05) is 13.2 Å². The van der Waals surface area contributed by atoms with Crippen LogP contribution in [-0.4, -0.2) is 34.9 Å². The molecule has 4 rings (SSSR count). The Morgan fingerprint density at radius 3 is 2.56 bits per heavy atom. The highest BCUT2D eigenvalue weighted by Crippen LogP contribution is 2.41. The molecule has 3 aromatic rings. The molecule has 0 bridgehead atoms. The Hall–Kier alpha value is -4.26. The number of furan rings is 1. The van der Waals surface area contributed by atoms with Crippen LogP contribution in [0, 0.1) is 0 Å². The van der Waals surface area contributed by atoms with Crippen LogP contribution in [0.15, 0.2) is 89.6 Å². The maximum Gasteiger partial charge on any atom is 0.296 e. The number of carbonyl (C=O) groups excluding carboxylic acids is 2. The highest BCUT2D eigenvalue weighted by Gasteiger charge is 2.46. The highest BCUT2D eigenvalue weighted by molar-refractivity contribution is 6.46. The van der Waals surface area contributed by atoms with E-state index in [0.717, 1.165) is 0 Å². The molecule has 34 heavy (non-hydrogen) atoms. The first-order valence-electron chi connectivity index (χ1n) is 10.9. The summed E-state index contributed by atoms with van der Waals surface area (Å²) in [5.41, 5.74) is 1.04. The molecule has 7 nitrogen and oxygen atoms in total. The van der Waals surface area contributed by atoms with E-state index in [2.05, 4.69) is 6.58 Å². The molecule has 1 N–H and O–H groups in total. The fourth-order valence-electron chi connectivity index (χ4n) is 3.92. The number of ether oxygens (including phenoxy) is 2. The van der Waals surface area contributed by atoms with Crippen LogP contribution in [-0.2, 0) is 16.1 Å². The number of benzene rings is 2. The topological polar surface area (TPSA) is 89.2 Å². The highest BCUT2D eigenvalue weighted by atomic mass is 16.5. The van der Waals surface area contributed by atoms with Crippen molar-refractivity contribution in [3.8, 4) is 11.5 Å². The standard InChI is InChI=1S/C27H25NO6/c1-3-14-33-20-12-10-18(11-13-20)24-23(25(29)19-7-5-8-21(16-19)32-4-2)26(30)27(31)28(24)17-22-9-6-15-34-22/h3,5-13,15-16,24,29H,1,4,14,17H2,2H3/b25-23+. The fraction of sp³-hybridized carbons (Fsp3) is 0.185. The van der Waals surface area contributed by atoms with Crippen molar-refractivity contribution in [2.45, 2.75) is 19.5 Å². The Labute approximate surface area is 197 Å². The van der Waals surface area contributed by atoms with E-state index in [4.69, 9.17) is 13.9 Å². The van der Waals surface area contributed by atoms with Crippen LogP contribution in [0.5, 0.6) is 11.5 Å². The van der Waals surface area contributed by atoms with Gasteiger partial charge in [0.25, 0.3) is 11.7 Å². The second kappa shape index (κ2) is 10.1. The molecule has 1 aromatic heterocycles. The molecule has 1 amide bonds. The van der Waals surface area contributed by atoms with Gasteiger partial charge in [-0.1, -0.05) is 36.9 Å². The van der Waals surface area contributed by atoms with Gasteiger partial charge < -0.3 is 23.9 Å². The SMILES string of the molecule is C=CCOc1ccc(C2/C(=C(\O)c3cccc(OCC)c3)C(=O)C(=O)N2Cc2ccco2)cc1. The fourth-order valence-corrected chi connectivity index (χ4v) is 3.92. The monoisotopic (exact) mass is 459 g/mol. The third-order valence-electron chi connectivity index (χ3n) is 5.43. The smallest absolute Gasteiger partial charge is 0.296 e. The molecule has 1 saturated heterocycles. The van der Waals surface area contributed by atoms with E-state index in [1.807, 2.05) is 6.92 Å². The van der Waals surface area contributed by atoms with Gasteiger partial charge >= 0.3 is 0 Å². The van der Waals surface area contributed by atoms with E-state index < -0.39 is 17.7 Å². The molecular weight excluding hydrogens is 434 g/mol. The average Bonchev–Trinajstić information content (AvgIpc) is 3.45. The Morgan fingerprint density at radius 2 is 1.88 bits per heavy atom. The molecule has 2 aromatic carbocycles. The van der Waals surface area contributed by atoms with Crippen molar-refractivity contribution in [3.05, 3.63) is 102 Å². The average molecular weight is 459 g/mol. The van der Waals surface area contributed by atoms with Gasteiger partial charge in [-0.3, -0.25) is 9.59 Å². The molecule has 1 aliphatic rings. The van der Waals surface area contributed by atoms with Gasteiger partial charge in [-0.15, -0.1) is 0 Å². The summed E-state index contributed by atoms with van der Waals surface area (Å²) in [6.07, 6.45) is 3.15. The number of nitrogens with zero attached hydrogens (tertiary/aromatic N) is 1. The normalized spacial score (nSPS) is 17.1. The van der Waals surface area contributed by atoms with Gasteiger partial charge in [-0.25, -0.2) is 0 Å². The first kappa shape index (κ1) is 22.9. The molecule has 1 unspecified atom stereocenters. The molecule has 0 saturated carbocycles. The zero-order valence-electron chi connectivity index (χ0n) is 18.8. The Kier molecular flexibility index (Phi) is 6.82. The molecule has 1 aliphatic heterocycles. The van der Waals surface area contributed by atoms with E-state index in [9.17, 15) is 14.7 Å². The lowest BCUT2D eigenvalue weighted by Crippen LogP contribution is -2.29. The molecular formula is C27H25NO6. The van der Waals surface area contributed by atoms with E-state index in [1.54, 1.807) is 66.7 Å². The van der Waals surface area contributed by atoms with E-state index in [-0.39, 0.29) is 17.9 Å². The first-order valence-corrected chi connectivity index (χ1v) is 10.9. The van der Waals surface area contributed by atoms with Crippen molar-refractivity contribution >= 4 is 17.4 Å². The molecule has 1 atom stereocenters. The number of hydrogen-bond donors (Lipinski definition) is 1. The summed E-state index contributed by atoms with van der Waals surface area (Å²) >= 11 is 0. The maximum absolute atomic E-state index is 13.2. The summed E-state index contributed by atoms with van der Waals surface area (Å²) in [6.45, 7) is 6.38.